The topological polar surface area (TPSA) is 118 Å². The Balaban J connectivity index is 2.31. The fourth-order valence-corrected chi connectivity index (χ4v) is 4.57. The number of benzene rings is 2. The molecule has 1 aliphatic carbocycles. The summed E-state index contributed by atoms with van der Waals surface area (Å²) in [6, 6.07) is 10.7. The molecular weight excluding hydrogens is 408 g/mol. The summed E-state index contributed by atoms with van der Waals surface area (Å²) in [6.07, 6.45) is 5.02. The van der Waals surface area contributed by atoms with Crippen LogP contribution in [0.5, 0.6) is 0 Å². The molecule has 2 atom stereocenters. The SMILES string of the molecule is CC(c1cc(C=O)cc(CO)c1)(c1cc(CO)cc(CO)c1)C1C=C(CO)C=C(CO)C1. The van der Waals surface area contributed by atoms with Crippen LogP contribution in [0.1, 0.15) is 51.5 Å². The largest absolute Gasteiger partial charge is 0.392 e. The maximum Gasteiger partial charge on any atom is 0.150 e. The molecule has 0 fully saturated rings. The van der Waals surface area contributed by atoms with E-state index in [0.717, 1.165) is 23.0 Å². The predicted molar refractivity (Wildman–Crippen MR) is 121 cm³/mol. The Bertz CT molecular complexity index is 1020. The zero-order chi connectivity index (χ0) is 23.3. The van der Waals surface area contributed by atoms with Gasteiger partial charge in [0.2, 0.25) is 0 Å². The van der Waals surface area contributed by atoms with E-state index in [0.29, 0.717) is 34.2 Å². The van der Waals surface area contributed by atoms with Gasteiger partial charge in [0.05, 0.1) is 33.0 Å². The van der Waals surface area contributed by atoms with Crippen LogP contribution in [-0.2, 0) is 25.2 Å². The average Bonchev–Trinajstić information content (AvgIpc) is 2.86. The van der Waals surface area contributed by atoms with E-state index in [1.165, 1.54) is 0 Å². The molecule has 0 spiro atoms. The van der Waals surface area contributed by atoms with Crippen LogP contribution in [-0.4, -0.2) is 45.0 Å². The summed E-state index contributed by atoms with van der Waals surface area (Å²) in [5, 5.41) is 49.0. The molecule has 2 aromatic rings. The molecule has 32 heavy (non-hydrogen) atoms. The lowest BCUT2D eigenvalue weighted by atomic mass is 9.63. The quantitative estimate of drug-likeness (QED) is 0.383. The molecule has 5 N–H and O–H groups in total. The summed E-state index contributed by atoms with van der Waals surface area (Å²) < 4.78 is 0. The van der Waals surface area contributed by atoms with Crippen molar-refractivity contribution in [2.45, 2.75) is 38.6 Å². The lowest BCUT2D eigenvalue weighted by Gasteiger charge is -2.40. The molecule has 0 aliphatic heterocycles. The van der Waals surface area contributed by atoms with Gasteiger partial charge in [-0.1, -0.05) is 43.3 Å². The second-order valence-corrected chi connectivity index (χ2v) is 8.47. The lowest BCUT2D eigenvalue weighted by molar-refractivity contribution is 0.112. The summed E-state index contributed by atoms with van der Waals surface area (Å²) in [5.74, 6) is -0.203. The number of rotatable bonds is 9. The van der Waals surface area contributed by atoms with Crippen LogP contribution in [0.2, 0.25) is 0 Å². The third-order valence-corrected chi connectivity index (χ3v) is 6.37. The first kappa shape index (κ1) is 24.0. The zero-order valence-corrected chi connectivity index (χ0v) is 18.2. The number of aliphatic hydroxyl groups is 5. The van der Waals surface area contributed by atoms with Crippen LogP contribution in [0, 0.1) is 5.92 Å². The molecule has 6 heteroatoms. The monoisotopic (exact) mass is 438 g/mol. The summed E-state index contributed by atoms with van der Waals surface area (Å²) in [7, 11) is 0. The van der Waals surface area contributed by atoms with Crippen molar-refractivity contribution in [3.05, 3.63) is 93.1 Å². The van der Waals surface area contributed by atoms with Gasteiger partial charge in [-0.15, -0.1) is 0 Å². The maximum atomic E-state index is 11.6. The zero-order valence-electron chi connectivity index (χ0n) is 18.2. The minimum Gasteiger partial charge on any atom is -0.392 e. The van der Waals surface area contributed by atoms with Gasteiger partial charge in [-0.3, -0.25) is 4.79 Å². The van der Waals surface area contributed by atoms with Gasteiger partial charge < -0.3 is 25.5 Å². The summed E-state index contributed by atoms with van der Waals surface area (Å²) in [6.45, 7) is 1.07. The number of carbonyl (C=O) groups excluding carboxylic acids is 1. The van der Waals surface area contributed by atoms with Crippen LogP contribution in [0.4, 0.5) is 0 Å². The number of aldehydes is 1. The molecule has 2 aromatic carbocycles. The number of carbonyl (C=O) groups is 1. The summed E-state index contributed by atoms with van der Waals surface area (Å²) >= 11 is 0. The van der Waals surface area contributed by atoms with E-state index in [4.69, 9.17) is 0 Å². The minimum absolute atomic E-state index is 0.140. The van der Waals surface area contributed by atoms with Crippen molar-refractivity contribution in [2.75, 3.05) is 13.2 Å². The molecule has 3 rings (SSSR count). The van der Waals surface area contributed by atoms with E-state index in [1.807, 2.05) is 31.2 Å². The molecular formula is C26H30O6. The van der Waals surface area contributed by atoms with Crippen molar-refractivity contribution >= 4 is 6.29 Å². The Morgan fingerprint density at radius 1 is 0.812 bits per heavy atom. The highest BCUT2D eigenvalue weighted by atomic mass is 16.3. The van der Waals surface area contributed by atoms with Crippen LogP contribution in [0.15, 0.2) is 59.7 Å². The molecule has 0 radical (unpaired) electrons. The number of aliphatic hydroxyl groups excluding tert-OH is 5. The van der Waals surface area contributed by atoms with Gasteiger partial charge in [-0.05, 0) is 63.4 Å². The number of allylic oxidation sites excluding steroid dienone is 1. The van der Waals surface area contributed by atoms with E-state index in [2.05, 4.69) is 0 Å². The molecule has 0 bridgehead atoms. The first-order valence-electron chi connectivity index (χ1n) is 10.6. The molecule has 0 heterocycles. The molecule has 1 aliphatic rings. The Hall–Kier alpha value is -2.61. The first-order chi connectivity index (χ1) is 15.4. The van der Waals surface area contributed by atoms with Gasteiger partial charge in [0.1, 0.15) is 6.29 Å². The number of hydrogen-bond donors (Lipinski definition) is 5. The second kappa shape index (κ2) is 10.3. The first-order valence-corrected chi connectivity index (χ1v) is 10.6. The Morgan fingerprint density at radius 3 is 1.88 bits per heavy atom. The van der Waals surface area contributed by atoms with E-state index < -0.39 is 5.41 Å². The lowest BCUT2D eigenvalue weighted by Crippen LogP contribution is -2.35. The highest BCUT2D eigenvalue weighted by Crippen LogP contribution is 2.45. The van der Waals surface area contributed by atoms with E-state index >= 15 is 0 Å². The predicted octanol–water partition coefficient (Wildman–Crippen LogP) is 2.14. The van der Waals surface area contributed by atoms with Crippen molar-refractivity contribution in [3.8, 4) is 0 Å². The van der Waals surface area contributed by atoms with Gasteiger partial charge in [0, 0.05) is 11.0 Å². The molecule has 0 amide bonds. The summed E-state index contributed by atoms with van der Waals surface area (Å²) in [4.78, 5) is 11.6. The normalized spacial score (nSPS) is 18.0. The smallest absolute Gasteiger partial charge is 0.150 e. The highest BCUT2D eigenvalue weighted by molar-refractivity contribution is 5.76. The number of hydrogen-bond acceptors (Lipinski definition) is 6. The fourth-order valence-electron chi connectivity index (χ4n) is 4.57. The molecule has 0 aromatic heterocycles. The third kappa shape index (κ3) is 4.75. The van der Waals surface area contributed by atoms with Gasteiger partial charge >= 0.3 is 0 Å². The van der Waals surface area contributed by atoms with Gasteiger partial charge in [-0.25, -0.2) is 0 Å². The Labute approximate surface area is 187 Å². The van der Waals surface area contributed by atoms with Crippen molar-refractivity contribution in [1.82, 2.24) is 0 Å². The van der Waals surface area contributed by atoms with Gasteiger partial charge in [-0.2, -0.15) is 0 Å². The van der Waals surface area contributed by atoms with E-state index in [9.17, 15) is 30.3 Å². The minimum atomic E-state index is -0.757. The van der Waals surface area contributed by atoms with E-state index in [1.54, 1.807) is 24.3 Å². The molecule has 2 unspecified atom stereocenters. The highest BCUT2D eigenvalue weighted by Gasteiger charge is 2.39. The van der Waals surface area contributed by atoms with Crippen LogP contribution < -0.4 is 0 Å². The van der Waals surface area contributed by atoms with Crippen LogP contribution in [0.25, 0.3) is 0 Å². The second-order valence-electron chi connectivity index (χ2n) is 8.47. The fraction of sp³-hybridized carbons (Fsp3) is 0.346. The van der Waals surface area contributed by atoms with Crippen LogP contribution >= 0.6 is 0 Å². The molecule has 6 nitrogen and oxygen atoms in total. The summed E-state index contributed by atoms with van der Waals surface area (Å²) in [5.41, 5.74) is 4.62. The van der Waals surface area contributed by atoms with Crippen molar-refractivity contribution in [1.29, 1.82) is 0 Å². The molecule has 170 valence electrons. The van der Waals surface area contributed by atoms with Gasteiger partial charge in [0.15, 0.2) is 0 Å². The third-order valence-electron chi connectivity index (χ3n) is 6.37. The Morgan fingerprint density at radius 2 is 1.38 bits per heavy atom. The maximum absolute atomic E-state index is 11.6. The van der Waals surface area contributed by atoms with Crippen molar-refractivity contribution < 1.29 is 30.3 Å². The average molecular weight is 439 g/mol. The standard InChI is InChI=1S/C26H30O6/c1-26(23-5-17(11-27)2-18(6-23)12-28,24-7-19(13-29)3-20(8-24)14-30)25-9-21(15-31)4-22(10-25)16-32/h2-9,11,25,28-32H,10,12-16H2,1H3. The molecule has 0 saturated heterocycles. The van der Waals surface area contributed by atoms with Crippen LogP contribution in [0.3, 0.4) is 0 Å². The Kier molecular flexibility index (Phi) is 7.77. The van der Waals surface area contributed by atoms with Crippen molar-refractivity contribution in [3.63, 3.8) is 0 Å². The van der Waals surface area contributed by atoms with Crippen molar-refractivity contribution in [2.24, 2.45) is 5.92 Å². The van der Waals surface area contributed by atoms with E-state index in [-0.39, 0.29) is 39.0 Å². The van der Waals surface area contributed by atoms with Gasteiger partial charge in [0.25, 0.3) is 0 Å². The molecule has 0 saturated carbocycles.